The Morgan fingerprint density at radius 3 is 2.67 bits per heavy atom. The lowest BCUT2D eigenvalue weighted by molar-refractivity contribution is -0.120. The van der Waals surface area contributed by atoms with Crippen LogP contribution in [-0.4, -0.2) is 37.2 Å². The highest BCUT2D eigenvalue weighted by Crippen LogP contribution is 2.48. The predicted octanol–water partition coefficient (Wildman–Crippen LogP) is 1.86. The van der Waals surface area contributed by atoms with Crippen molar-refractivity contribution < 1.29 is 19.4 Å². The molecule has 0 radical (unpaired) electrons. The molecule has 114 valence electrons. The standard InChI is InChI=1S/C16H21NO4/c1-21-9-8-16(6-7-16)11-17-14(18)10-12-4-2-3-5-13(12)15(19)20/h2-5H,6-11H2,1H3,(H,17,18)(H,19,20). The molecule has 1 amide bonds. The summed E-state index contributed by atoms with van der Waals surface area (Å²) in [6.07, 6.45) is 3.28. The number of carbonyl (C=O) groups is 2. The van der Waals surface area contributed by atoms with Gasteiger partial charge in [-0.3, -0.25) is 4.79 Å². The van der Waals surface area contributed by atoms with Gasteiger partial charge in [0.05, 0.1) is 12.0 Å². The zero-order valence-corrected chi connectivity index (χ0v) is 12.2. The fraction of sp³-hybridized carbons (Fsp3) is 0.500. The molecule has 5 heteroatoms. The van der Waals surface area contributed by atoms with Gasteiger partial charge in [0.2, 0.25) is 5.91 Å². The van der Waals surface area contributed by atoms with Crippen LogP contribution in [0.5, 0.6) is 0 Å². The Bertz CT molecular complexity index is 523. The minimum absolute atomic E-state index is 0.100. The zero-order chi connectivity index (χ0) is 15.3. The maximum absolute atomic E-state index is 12.0. The van der Waals surface area contributed by atoms with E-state index >= 15 is 0 Å². The molecule has 1 saturated carbocycles. The number of methoxy groups -OCH3 is 1. The maximum atomic E-state index is 12.0. The number of aromatic carboxylic acids is 1. The van der Waals surface area contributed by atoms with Gasteiger partial charge < -0.3 is 15.2 Å². The number of benzene rings is 1. The minimum atomic E-state index is -1.00. The molecule has 2 N–H and O–H groups in total. The van der Waals surface area contributed by atoms with Crippen LogP contribution in [0.25, 0.3) is 0 Å². The Labute approximate surface area is 124 Å². The SMILES string of the molecule is COCCC1(CNC(=O)Cc2ccccc2C(=O)O)CC1. The van der Waals surface area contributed by atoms with Crippen LogP contribution in [0.1, 0.15) is 35.2 Å². The van der Waals surface area contributed by atoms with Gasteiger partial charge in [-0.1, -0.05) is 18.2 Å². The molecule has 2 rings (SSSR count). The lowest BCUT2D eigenvalue weighted by atomic mass is 10.0. The summed E-state index contributed by atoms with van der Waals surface area (Å²) in [5, 5.41) is 12.0. The van der Waals surface area contributed by atoms with Crippen molar-refractivity contribution in [1.29, 1.82) is 0 Å². The van der Waals surface area contributed by atoms with E-state index in [0.717, 1.165) is 19.3 Å². The molecule has 21 heavy (non-hydrogen) atoms. The summed E-state index contributed by atoms with van der Waals surface area (Å²) in [6, 6.07) is 6.61. The maximum Gasteiger partial charge on any atom is 0.335 e. The number of carboxylic acid groups (broad SMARTS) is 1. The molecule has 1 aromatic rings. The van der Waals surface area contributed by atoms with Crippen molar-refractivity contribution in [3.05, 3.63) is 35.4 Å². The van der Waals surface area contributed by atoms with Crippen LogP contribution < -0.4 is 5.32 Å². The van der Waals surface area contributed by atoms with Crippen molar-refractivity contribution in [2.75, 3.05) is 20.3 Å². The van der Waals surface area contributed by atoms with E-state index in [1.807, 2.05) is 0 Å². The van der Waals surface area contributed by atoms with Gasteiger partial charge in [-0.25, -0.2) is 4.79 Å². The number of hydrogen-bond acceptors (Lipinski definition) is 3. The van der Waals surface area contributed by atoms with E-state index in [4.69, 9.17) is 9.84 Å². The smallest absolute Gasteiger partial charge is 0.335 e. The van der Waals surface area contributed by atoms with E-state index in [0.29, 0.717) is 18.7 Å². The number of nitrogens with one attached hydrogen (secondary N) is 1. The Balaban J connectivity index is 1.87. The van der Waals surface area contributed by atoms with Crippen LogP contribution in [-0.2, 0) is 16.0 Å². The molecule has 0 saturated heterocycles. The molecule has 0 unspecified atom stereocenters. The highest BCUT2D eigenvalue weighted by molar-refractivity contribution is 5.91. The normalized spacial score (nSPS) is 15.5. The van der Waals surface area contributed by atoms with Crippen LogP contribution in [0.4, 0.5) is 0 Å². The van der Waals surface area contributed by atoms with Crippen LogP contribution in [0, 0.1) is 5.41 Å². The second-order valence-corrected chi connectivity index (χ2v) is 5.66. The van der Waals surface area contributed by atoms with Gasteiger partial charge in [-0.05, 0) is 36.3 Å². The monoisotopic (exact) mass is 291 g/mol. The molecule has 1 fully saturated rings. The van der Waals surface area contributed by atoms with E-state index in [-0.39, 0.29) is 23.3 Å². The average Bonchev–Trinajstić information content (AvgIpc) is 3.24. The third-order valence-electron chi connectivity index (χ3n) is 4.05. The summed E-state index contributed by atoms with van der Waals surface area (Å²) in [4.78, 5) is 23.1. The topological polar surface area (TPSA) is 75.6 Å². The first-order chi connectivity index (χ1) is 10.1. The molecule has 1 aromatic carbocycles. The van der Waals surface area contributed by atoms with E-state index in [2.05, 4.69) is 5.32 Å². The predicted molar refractivity (Wildman–Crippen MR) is 78.3 cm³/mol. The molecule has 0 aliphatic heterocycles. The molecule has 0 bridgehead atoms. The van der Waals surface area contributed by atoms with Crippen molar-refractivity contribution >= 4 is 11.9 Å². The van der Waals surface area contributed by atoms with Gasteiger partial charge in [0.15, 0.2) is 0 Å². The molecular formula is C16H21NO4. The second kappa shape index (κ2) is 6.72. The van der Waals surface area contributed by atoms with Crippen LogP contribution in [0.15, 0.2) is 24.3 Å². The minimum Gasteiger partial charge on any atom is -0.478 e. The number of carbonyl (C=O) groups excluding carboxylic acids is 1. The lowest BCUT2D eigenvalue weighted by Crippen LogP contribution is -2.32. The third kappa shape index (κ3) is 4.29. The summed E-state index contributed by atoms with van der Waals surface area (Å²) in [6.45, 7) is 1.35. The Morgan fingerprint density at radius 1 is 1.33 bits per heavy atom. The first-order valence-corrected chi connectivity index (χ1v) is 7.13. The van der Waals surface area contributed by atoms with Gasteiger partial charge in [0.1, 0.15) is 0 Å². The average molecular weight is 291 g/mol. The highest BCUT2D eigenvalue weighted by atomic mass is 16.5. The Kier molecular flexibility index (Phi) is 4.96. The van der Waals surface area contributed by atoms with Crippen molar-refractivity contribution in [2.45, 2.75) is 25.7 Å². The highest BCUT2D eigenvalue weighted by Gasteiger charge is 2.42. The van der Waals surface area contributed by atoms with Gasteiger partial charge in [0, 0.05) is 20.3 Å². The number of carboxylic acids is 1. The van der Waals surface area contributed by atoms with Gasteiger partial charge in [-0.15, -0.1) is 0 Å². The lowest BCUT2D eigenvalue weighted by Gasteiger charge is -2.15. The molecule has 0 heterocycles. The first-order valence-electron chi connectivity index (χ1n) is 7.13. The third-order valence-corrected chi connectivity index (χ3v) is 4.05. The number of rotatable bonds is 8. The van der Waals surface area contributed by atoms with E-state index in [9.17, 15) is 9.59 Å². The summed E-state index contributed by atoms with van der Waals surface area (Å²) < 4.78 is 5.08. The molecule has 0 spiro atoms. The van der Waals surface area contributed by atoms with Crippen molar-refractivity contribution in [2.24, 2.45) is 5.41 Å². The second-order valence-electron chi connectivity index (χ2n) is 5.66. The first kappa shape index (κ1) is 15.5. The van der Waals surface area contributed by atoms with E-state index < -0.39 is 5.97 Å². The molecule has 1 aliphatic carbocycles. The van der Waals surface area contributed by atoms with E-state index in [1.54, 1.807) is 25.3 Å². The largest absolute Gasteiger partial charge is 0.478 e. The molecule has 0 atom stereocenters. The molecular weight excluding hydrogens is 270 g/mol. The van der Waals surface area contributed by atoms with Crippen LogP contribution in [0.3, 0.4) is 0 Å². The summed E-state index contributed by atoms with van der Waals surface area (Å²) in [5.74, 6) is -1.13. The Hall–Kier alpha value is -1.88. The fourth-order valence-corrected chi connectivity index (χ4v) is 2.42. The van der Waals surface area contributed by atoms with Gasteiger partial charge >= 0.3 is 5.97 Å². The van der Waals surface area contributed by atoms with Crippen LogP contribution >= 0.6 is 0 Å². The molecule has 0 aromatic heterocycles. The number of hydrogen-bond donors (Lipinski definition) is 2. The number of ether oxygens (including phenoxy) is 1. The quantitative estimate of drug-likeness (QED) is 0.766. The van der Waals surface area contributed by atoms with Gasteiger partial charge in [0.25, 0.3) is 0 Å². The summed E-state index contributed by atoms with van der Waals surface area (Å²) in [5.41, 5.74) is 0.926. The zero-order valence-electron chi connectivity index (χ0n) is 12.2. The van der Waals surface area contributed by atoms with E-state index in [1.165, 1.54) is 6.07 Å². The Morgan fingerprint density at radius 2 is 2.05 bits per heavy atom. The molecule has 5 nitrogen and oxygen atoms in total. The van der Waals surface area contributed by atoms with Crippen molar-refractivity contribution in [3.8, 4) is 0 Å². The molecule has 1 aliphatic rings. The summed E-state index contributed by atoms with van der Waals surface area (Å²) in [7, 11) is 1.68. The summed E-state index contributed by atoms with van der Waals surface area (Å²) >= 11 is 0. The number of amides is 1. The van der Waals surface area contributed by atoms with Crippen molar-refractivity contribution in [3.63, 3.8) is 0 Å². The fourth-order valence-electron chi connectivity index (χ4n) is 2.42. The van der Waals surface area contributed by atoms with Crippen molar-refractivity contribution in [1.82, 2.24) is 5.32 Å². The van der Waals surface area contributed by atoms with Crippen LogP contribution in [0.2, 0.25) is 0 Å². The van der Waals surface area contributed by atoms with Gasteiger partial charge in [-0.2, -0.15) is 0 Å².